The first-order chi connectivity index (χ1) is 17.8. The Balaban J connectivity index is 1.47. The van der Waals surface area contributed by atoms with Crippen LogP contribution in [0.4, 0.5) is 37.8 Å². The van der Waals surface area contributed by atoms with Crippen molar-refractivity contribution in [1.29, 1.82) is 0 Å². The summed E-state index contributed by atoms with van der Waals surface area (Å²) in [7, 11) is 0. The van der Waals surface area contributed by atoms with Crippen molar-refractivity contribution in [3.8, 4) is 0 Å². The lowest BCUT2D eigenvalue weighted by Crippen LogP contribution is -2.36. The van der Waals surface area contributed by atoms with Gasteiger partial charge in [0.2, 0.25) is 0 Å². The largest absolute Gasteiger partial charge is 0.417 e. The standard InChI is InChI=1S/C26H24F6N6/c1-14-19(4-3-5-21(14)26(30,31)32)23(33)35-24-20-11-18(7-6-16(20)12-34-36-24)38-9-8-37-13-17(25(27,28)29)10-22(37)15(38)2/h3-7,10-13,15,23H,8-9,33H2,1-2H3,(H,35,36)/t15?,23-/m0/s1. The molecule has 38 heavy (non-hydrogen) atoms. The fourth-order valence-electron chi connectivity index (χ4n) is 5.03. The second-order valence-electron chi connectivity index (χ2n) is 9.32. The van der Waals surface area contributed by atoms with Crippen LogP contribution in [-0.2, 0) is 18.9 Å². The van der Waals surface area contributed by atoms with Crippen molar-refractivity contribution in [1.82, 2.24) is 14.8 Å². The average Bonchev–Trinajstić information content (AvgIpc) is 3.30. The van der Waals surface area contributed by atoms with Crippen LogP contribution in [0.5, 0.6) is 0 Å². The molecule has 4 aromatic rings. The topological polar surface area (TPSA) is 72.0 Å². The molecule has 2 aromatic heterocycles. The average molecular weight is 535 g/mol. The van der Waals surface area contributed by atoms with E-state index in [2.05, 4.69) is 15.5 Å². The lowest BCUT2D eigenvalue weighted by molar-refractivity contribution is -0.138. The monoisotopic (exact) mass is 534 g/mol. The summed E-state index contributed by atoms with van der Waals surface area (Å²) >= 11 is 0. The van der Waals surface area contributed by atoms with Crippen LogP contribution in [0.15, 0.2) is 54.9 Å². The van der Waals surface area contributed by atoms with Crippen molar-refractivity contribution in [2.24, 2.45) is 5.73 Å². The van der Waals surface area contributed by atoms with E-state index in [9.17, 15) is 26.3 Å². The molecular weight excluding hydrogens is 510 g/mol. The molecule has 0 radical (unpaired) electrons. The number of nitrogens with one attached hydrogen (secondary N) is 1. The summed E-state index contributed by atoms with van der Waals surface area (Å²) in [5.74, 6) is 0.279. The highest BCUT2D eigenvalue weighted by Crippen LogP contribution is 2.39. The fraction of sp³-hybridized carbons (Fsp3) is 0.308. The Hall–Kier alpha value is -3.80. The first kappa shape index (κ1) is 25.8. The van der Waals surface area contributed by atoms with Crippen molar-refractivity contribution >= 4 is 22.3 Å². The maximum Gasteiger partial charge on any atom is 0.417 e. The fourth-order valence-corrected chi connectivity index (χ4v) is 5.03. The summed E-state index contributed by atoms with van der Waals surface area (Å²) in [6.45, 7) is 4.07. The van der Waals surface area contributed by atoms with E-state index in [4.69, 9.17) is 5.73 Å². The number of hydrogen-bond donors (Lipinski definition) is 2. The zero-order valence-corrected chi connectivity index (χ0v) is 20.4. The minimum Gasteiger partial charge on any atom is -0.361 e. The number of fused-ring (bicyclic) bond motifs is 2. The normalized spacial score (nSPS) is 17.0. The Morgan fingerprint density at radius 3 is 2.50 bits per heavy atom. The number of halogens is 6. The van der Waals surface area contributed by atoms with Gasteiger partial charge in [-0.25, -0.2) is 0 Å². The second-order valence-corrected chi connectivity index (χ2v) is 9.32. The van der Waals surface area contributed by atoms with Crippen LogP contribution in [-0.4, -0.2) is 21.3 Å². The van der Waals surface area contributed by atoms with E-state index in [1.807, 2.05) is 30.0 Å². The molecule has 1 unspecified atom stereocenters. The maximum atomic E-state index is 13.4. The number of aromatic nitrogens is 3. The molecule has 0 saturated heterocycles. The first-order valence-electron chi connectivity index (χ1n) is 11.8. The van der Waals surface area contributed by atoms with Crippen LogP contribution in [0.25, 0.3) is 10.8 Å². The molecule has 5 rings (SSSR count). The number of anilines is 2. The predicted octanol–water partition coefficient (Wildman–Crippen LogP) is 6.43. The minimum absolute atomic E-state index is 0.0113. The molecule has 12 heteroatoms. The van der Waals surface area contributed by atoms with Crippen LogP contribution < -0.4 is 16.0 Å². The highest BCUT2D eigenvalue weighted by Gasteiger charge is 2.36. The van der Waals surface area contributed by atoms with Gasteiger partial charge in [0, 0.05) is 41.4 Å². The van der Waals surface area contributed by atoms with Crippen molar-refractivity contribution in [2.45, 2.75) is 45.0 Å². The third-order valence-electron chi connectivity index (χ3n) is 7.02. The Morgan fingerprint density at radius 1 is 1.03 bits per heavy atom. The third-order valence-corrected chi connectivity index (χ3v) is 7.02. The molecule has 0 spiro atoms. The van der Waals surface area contributed by atoms with E-state index >= 15 is 0 Å². The highest BCUT2D eigenvalue weighted by atomic mass is 19.4. The van der Waals surface area contributed by atoms with Crippen molar-refractivity contribution in [3.63, 3.8) is 0 Å². The van der Waals surface area contributed by atoms with Crippen LogP contribution in [0.1, 0.15) is 47.1 Å². The van der Waals surface area contributed by atoms with Gasteiger partial charge < -0.3 is 20.5 Å². The molecule has 2 atom stereocenters. The van der Waals surface area contributed by atoms with E-state index in [1.165, 1.54) is 25.1 Å². The molecule has 0 saturated carbocycles. The molecule has 6 nitrogen and oxygen atoms in total. The van der Waals surface area contributed by atoms with Crippen molar-refractivity contribution in [2.75, 3.05) is 16.8 Å². The number of nitrogens with two attached hydrogens (primary N) is 1. The molecule has 1 aliphatic rings. The van der Waals surface area contributed by atoms with Gasteiger partial charge in [-0.3, -0.25) is 0 Å². The molecule has 2 aromatic carbocycles. The van der Waals surface area contributed by atoms with Crippen molar-refractivity contribution < 1.29 is 26.3 Å². The molecule has 0 aliphatic carbocycles. The van der Waals surface area contributed by atoms with Gasteiger partial charge in [-0.05, 0) is 49.2 Å². The van der Waals surface area contributed by atoms with E-state index in [0.29, 0.717) is 29.6 Å². The Kier molecular flexibility index (Phi) is 6.25. The zero-order chi connectivity index (χ0) is 27.4. The molecule has 200 valence electrons. The number of nitrogens with zero attached hydrogens (tertiary/aromatic N) is 4. The zero-order valence-electron chi connectivity index (χ0n) is 20.4. The first-order valence-corrected chi connectivity index (χ1v) is 11.8. The van der Waals surface area contributed by atoms with Gasteiger partial charge in [0.15, 0.2) is 5.82 Å². The van der Waals surface area contributed by atoms with E-state index in [1.54, 1.807) is 10.8 Å². The van der Waals surface area contributed by atoms with Gasteiger partial charge in [-0.2, -0.15) is 31.4 Å². The van der Waals surface area contributed by atoms with Gasteiger partial charge in [0.1, 0.15) is 6.17 Å². The third kappa shape index (κ3) is 4.64. The summed E-state index contributed by atoms with van der Waals surface area (Å²) < 4.78 is 81.6. The Labute approximate surface area is 214 Å². The van der Waals surface area contributed by atoms with Gasteiger partial charge in [-0.1, -0.05) is 18.2 Å². The number of alkyl halides is 6. The number of rotatable bonds is 4. The van der Waals surface area contributed by atoms with Crippen LogP contribution in [0.3, 0.4) is 0 Å². The molecule has 3 heterocycles. The van der Waals surface area contributed by atoms with Gasteiger partial charge >= 0.3 is 12.4 Å². The van der Waals surface area contributed by atoms with Crippen LogP contribution in [0.2, 0.25) is 0 Å². The van der Waals surface area contributed by atoms with Gasteiger partial charge in [-0.15, -0.1) is 5.10 Å². The number of hydrogen-bond acceptors (Lipinski definition) is 5. The lowest BCUT2D eigenvalue weighted by Gasteiger charge is -2.36. The van der Waals surface area contributed by atoms with Gasteiger partial charge in [0.25, 0.3) is 0 Å². The smallest absolute Gasteiger partial charge is 0.361 e. The number of benzene rings is 2. The summed E-state index contributed by atoms with van der Waals surface area (Å²) in [4.78, 5) is 2.00. The summed E-state index contributed by atoms with van der Waals surface area (Å²) in [5.41, 5.74) is 6.41. The predicted molar refractivity (Wildman–Crippen MR) is 131 cm³/mol. The molecule has 0 amide bonds. The lowest BCUT2D eigenvalue weighted by atomic mass is 10.00. The molecule has 1 aliphatic heterocycles. The highest BCUT2D eigenvalue weighted by molar-refractivity contribution is 5.93. The van der Waals surface area contributed by atoms with E-state index in [0.717, 1.165) is 18.0 Å². The molecule has 0 bridgehead atoms. The summed E-state index contributed by atoms with van der Waals surface area (Å²) in [6.07, 6.45) is -7.25. The molecule has 0 fully saturated rings. The van der Waals surface area contributed by atoms with Crippen LogP contribution in [0, 0.1) is 6.92 Å². The summed E-state index contributed by atoms with van der Waals surface area (Å²) in [5, 5.41) is 12.4. The van der Waals surface area contributed by atoms with Crippen LogP contribution >= 0.6 is 0 Å². The molecular formula is C26H24F6N6. The molecule has 3 N–H and O–H groups in total. The Morgan fingerprint density at radius 2 is 1.79 bits per heavy atom. The minimum atomic E-state index is -4.51. The Bertz CT molecular complexity index is 1490. The SMILES string of the molecule is Cc1c([C@@H](N)Nc2nncc3ccc(N4CCn5cc(C(F)(F)F)cc5C4C)cc23)cccc1C(F)(F)F. The quantitative estimate of drug-likeness (QED) is 0.233. The van der Waals surface area contributed by atoms with Gasteiger partial charge in [0.05, 0.1) is 23.4 Å². The van der Waals surface area contributed by atoms with E-state index < -0.39 is 29.6 Å². The second kappa shape index (κ2) is 9.19. The summed E-state index contributed by atoms with van der Waals surface area (Å²) in [6, 6.07) is 10.2. The van der Waals surface area contributed by atoms with Crippen molar-refractivity contribution in [3.05, 3.63) is 82.8 Å². The maximum absolute atomic E-state index is 13.4. The van der Waals surface area contributed by atoms with E-state index in [-0.39, 0.29) is 23.0 Å².